The monoisotopic (exact) mass is 321 g/mol. The number of hydrogen-bond acceptors (Lipinski definition) is 1. The van der Waals surface area contributed by atoms with E-state index in [-0.39, 0.29) is 0 Å². The van der Waals surface area contributed by atoms with Crippen LogP contribution in [-0.2, 0) is 0 Å². The van der Waals surface area contributed by atoms with Gasteiger partial charge in [-0.15, -0.1) is 0 Å². The molecule has 0 heterocycles. The highest BCUT2D eigenvalue weighted by Crippen LogP contribution is 2.13. The molecule has 0 unspecified atom stereocenters. The Morgan fingerprint density at radius 1 is 0.522 bits per heavy atom. The summed E-state index contributed by atoms with van der Waals surface area (Å²) in [5.74, 6) is 3.31. The topological polar surface area (TPSA) is 3.24 Å². The Bertz CT molecular complexity index is 269. The molecule has 0 amide bonds. The van der Waals surface area contributed by atoms with Crippen LogP contribution in [0.4, 0.5) is 0 Å². The largest absolute Gasteiger partial charge is 0.333 e. The van der Waals surface area contributed by atoms with Crippen LogP contribution in [0.2, 0.25) is 0 Å². The quantitative estimate of drug-likeness (QED) is 0.165. The molecule has 0 aliphatic rings. The molecule has 0 radical (unpaired) electrons. The summed E-state index contributed by atoms with van der Waals surface area (Å²) < 4.78 is 0. The minimum absolute atomic E-state index is 1.04. The highest BCUT2D eigenvalue weighted by atomic mass is 15.1. The fourth-order valence-corrected chi connectivity index (χ4v) is 2.96. The molecule has 0 atom stereocenters. The Morgan fingerprint density at radius 2 is 0.913 bits per heavy atom. The summed E-state index contributed by atoms with van der Waals surface area (Å²) in [6.07, 6.45) is 21.0. The van der Waals surface area contributed by atoms with Gasteiger partial charge in [-0.05, 0) is 20.3 Å². The van der Waals surface area contributed by atoms with Gasteiger partial charge in [0.2, 0.25) is 0 Å². The van der Waals surface area contributed by atoms with Crippen LogP contribution in [0.3, 0.4) is 0 Å². The van der Waals surface area contributed by atoms with Crippen LogP contribution in [0.5, 0.6) is 0 Å². The van der Waals surface area contributed by atoms with Crippen LogP contribution in [0, 0.1) is 12.0 Å². The fraction of sp³-hybridized carbons (Fsp3) is 0.909. The summed E-state index contributed by atoms with van der Waals surface area (Å²) in [4.78, 5) is 2.18. The standard InChI is InChI=1S/C22H43N/c1-4-7-8-9-10-11-12-13-14-15-16-17-18-19-20-21-22-23(5-2)6-3/h4-20H2,1-3H3. The smallest absolute Gasteiger partial charge is 0.0232 e. The molecule has 136 valence electrons. The second-order valence-electron chi connectivity index (χ2n) is 6.81. The van der Waals surface area contributed by atoms with E-state index in [1.165, 1.54) is 89.9 Å². The Kier molecular flexibility index (Phi) is 18.9. The van der Waals surface area contributed by atoms with Gasteiger partial charge < -0.3 is 4.90 Å². The number of rotatable bonds is 16. The SMILES string of the molecule is CCCCCCCCCCCCCCCCC#CN(CC)CC. The molecule has 0 fully saturated rings. The fourth-order valence-electron chi connectivity index (χ4n) is 2.96. The number of hydrogen-bond donors (Lipinski definition) is 0. The van der Waals surface area contributed by atoms with Crippen molar-refractivity contribution >= 4 is 0 Å². The van der Waals surface area contributed by atoms with Crippen molar-refractivity contribution < 1.29 is 0 Å². The molecule has 0 bridgehead atoms. The summed E-state index contributed by atoms with van der Waals surface area (Å²) in [6, 6.07) is 3.25. The van der Waals surface area contributed by atoms with Crippen LogP contribution in [0.1, 0.15) is 117 Å². The van der Waals surface area contributed by atoms with Crippen LogP contribution in [0.15, 0.2) is 0 Å². The minimum Gasteiger partial charge on any atom is -0.333 e. The first-order valence-electron chi connectivity index (χ1n) is 10.6. The maximum absolute atomic E-state index is 3.31. The van der Waals surface area contributed by atoms with Crippen molar-refractivity contribution in [1.29, 1.82) is 0 Å². The minimum atomic E-state index is 1.04. The highest BCUT2D eigenvalue weighted by molar-refractivity contribution is 4.97. The van der Waals surface area contributed by atoms with Gasteiger partial charge in [0, 0.05) is 25.6 Å². The second kappa shape index (κ2) is 19.4. The van der Waals surface area contributed by atoms with E-state index in [9.17, 15) is 0 Å². The second-order valence-corrected chi connectivity index (χ2v) is 6.81. The Labute approximate surface area is 147 Å². The molecule has 0 N–H and O–H groups in total. The molecule has 0 rings (SSSR count). The lowest BCUT2D eigenvalue weighted by atomic mass is 10.0. The summed E-state index contributed by atoms with van der Waals surface area (Å²) >= 11 is 0. The van der Waals surface area contributed by atoms with Gasteiger partial charge >= 0.3 is 0 Å². The van der Waals surface area contributed by atoms with Gasteiger partial charge in [0.1, 0.15) is 0 Å². The average Bonchev–Trinajstić information content (AvgIpc) is 2.58. The third kappa shape index (κ3) is 17.5. The van der Waals surface area contributed by atoms with E-state index < -0.39 is 0 Å². The predicted octanol–water partition coefficient (Wildman–Crippen LogP) is 7.16. The van der Waals surface area contributed by atoms with Crippen LogP contribution >= 0.6 is 0 Å². The molecule has 0 spiro atoms. The average molecular weight is 322 g/mol. The molecule has 0 aromatic heterocycles. The lowest BCUT2D eigenvalue weighted by Gasteiger charge is -2.10. The Morgan fingerprint density at radius 3 is 1.30 bits per heavy atom. The molecule has 1 heteroatoms. The molecule has 0 aliphatic carbocycles. The highest BCUT2D eigenvalue weighted by Gasteiger charge is 1.94. The molecule has 0 aliphatic heterocycles. The maximum Gasteiger partial charge on any atom is 0.0232 e. The zero-order chi connectivity index (χ0) is 17.0. The lowest BCUT2D eigenvalue weighted by molar-refractivity contribution is 0.443. The molecule has 0 saturated heterocycles. The van der Waals surface area contributed by atoms with Crippen molar-refractivity contribution in [3.05, 3.63) is 0 Å². The van der Waals surface area contributed by atoms with E-state index in [0.717, 1.165) is 19.5 Å². The summed E-state index contributed by atoms with van der Waals surface area (Å²) in [5.41, 5.74) is 0. The van der Waals surface area contributed by atoms with Crippen LogP contribution in [0.25, 0.3) is 0 Å². The predicted molar refractivity (Wildman–Crippen MR) is 106 cm³/mol. The van der Waals surface area contributed by atoms with Gasteiger partial charge in [-0.2, -0.15) is 0 Å². The van der Waals surface area contributed by atoms with Crippen molar-refractivity contribution in [2.45, 2.75) is 117 Å². The lowest BCUT2D eigenvalue weighted by Crippen LogP contribution is -2.15. The first-order chi connectivity index (χ1) is 11.3. The van der Waals surface area contributed by atoms with Gasteiger partial charge in [0.25, 0.3) is 0 Å². The Balaban J connectivity index is 3.13. The molecule has 0 aromatic rings. The molecule has 1 nitrogen and oxygen atoms in total. The van der Waals surface area contributed by atoms with E-state index >= 15 is 0 Å². The van der Waals surface area contributed by atoms with Crippen molar-refractivity contribution in [3.63, 3.8) is 0 Å². The van der Waals surface area contributed by atoms with Gasteiger partial charge in [-0.25, -0.2) is 0 Å². The van der Waals surface area contributed by atoms with Gasteiger partial charge in [0.05, 0.1) is 0 Å². The van der Waals surface area contributed by atoms with E-state index in [4.69, 9.17) is 0 Å². The van der Waals surface area contributed by atoms with E-state index in [0.29, 0.717) is 0 Å². The van der Waals surface area contributed by atoms with Crippen molar-refractivity contribution in [2.24, 2.45) is 0 Å². The normalized spacial score (nSPS) is 10.4. The van der Waals surface area contributed by atoms with Crippen molar-refractivity contribution in [3.8, 4) is 12.0 Å². The number of unbranched alkanes of at least 4 members (excludes halogenated alkanes) is 14. The summed E-state index contributed by atoms with van der Waals surface area (Å²) in [5, 5.41) is 0. The first kappa shape index (κ1) is 22.4. The maximum atomic E-state index is 3.31. The summed E-state index contributed by atoms with van der Waals surface area (Å²) in [6.45, 7) is 8.72. The van der Waals surface area contributed by atoms with Gasteiger partial charge in [0.15, 0.2) is 0 Å². The third-order valence-electron chi connectivity index (χ3n) is 4.66. The molecular weight excluding hydrogens is 278 g/mol. The van der Waals surface area contributed by atoms with E-state index in [2.05, 4.69) is 37.6 Å². The van der Waals surface area contributed by atoms with Gasteiger partial charge in [-0.3, -0.25) is 0 Å². The van der Waals surface area contributed by atoms with Gasteiger partial charge in [-0.1, -0.05) is 96.3 Å². The summed E-state index contributed by atoms with van der Waals surface area (Å²) in [7, 11) is 0. The third-order valence-corrected chi connectivity index (χ3v) is 4.66. The van der Waals surface area contributed by atoms with Crippen molar-refractivity contribution in [1.82, 2.24) is 4.90 Å². The molecular formula is C22H43N. The molecule has 0 saturated carbocycles. The van der Waals surface area contributed by atoms with Crippen LogP contribution < -0.4 is 0 Å². The number of nitrogens with zero attached hydrogens (tertiary/aromatic N) is 1. The van der Waals surface area contributed by atoms with Crippen molar-refractivity contribution in [2.75, 3.05) is 13.1 Å². The first-order valence-corrected chi connectivity index (χ1v) is 10.6. The Hall–Kier alpha value is -0.640. The van der Waals surface area contributed by atoms with E-state index in [1.807, 2.05) is 0 Å². The van der Waals surface area contributed by atoms with E-state index in [1.54, 1.807) is 0 Å². The zero-order valence-electron chi connectivity index (χ0n) is 16.5. The molecule has 23 heavy (non-hydrogen) atoms. The zero-order valence-corrected chi connectivity index (χ0v) is 16.5. The van der Waals surface area contributed by atoms with Crippen LogP contribution in [-0.4, -0.2) is 18.0 Å². The molecule has 0 aromatic carbocycles.